The van der Waals surface area contributed by atoms with Crippen LogP contribution in [0.2, 0.25) is 0 Å². The zero-order valence-electron chi connectivity index (χ0n) is 9.97. The van der Waals surface area contributed by atoms with Crippen LogP contribution in [-0.4, -0.2) is 31.4 Å². The fourth-order valence-corrected chi connectivity index (χ4v) is 1.35. The first-order valence-electron chi connectivity index (χ1n) is 5.34. The Kier molecular flexibility index (Phi) is 5.23. The lowest BCUT2D eigenvalue weighted by Crippen LogP contribution is -2.00. The summed E-state index contributed by atoms with van der Waals surface area (Å²) in [6, 6.07) is 4.94. The second-order valence-electron chi connectivity index (χ2n) is 3.32. The molecule has 0 aliphatic heterocycles. The van der Waals surface area contributed by atoms with E-state index in [1.54, 1.807) is 24.3 Å². The van der Waals surface area contributed by atoms with Crippen molar-refractivity contribution in [3.63, 3.8) is 0 Å². The lowest BCUT2D eigenvalue weighted by molar-refractivity contribution is 0.0696. The van der Waals surface area contributed by atoms with Gasteiger partial charge in [0.15, 0.2) is 0 Å². The van der Waals surface area contributed by atoms with Crippen molar-refractivity contribution < 1.29 is 19.4 Å². The van der Waals surface area contributed by atoms with E-state index in [0.29, 0.717) is 24.5 Å². The molecule has 4 heteroatoms. The number of ether oxygens (including phenoxy) is 2. The fraction of sp³-hybridized carbons (Fsp3) is 0.308. The van der Waals surface area contributed by atoms with Gasteiger partial charge in [-0.05, 0) is 24.6 Å². The third-order valence-electron chi connectivity index (χ3n) is 2.21. The molecular formula is C13H16O4. The van der Waals surface area contributed by atoms with Gasteiger partial charge < -0.3 is 14.6 Å². The van der Waals surface area contributed by atoms with E-state index in [1.807, 2.05) is 6.92 Å². The predicted octanol–water partition coefficient (Wildman–Crippen LogP) is 2.44. The molecule has 0 fully saturated rings. The number of hydrogen-bond acceptors (Lipinski definition) is 3. The highest BCUT2D eigenvalue weighted by Crippen LogP contribution is 2.19. The molecule has 0 aliphatic carbocycles. The van der Waals surface area contributed by atoms with E-state index in [9.17, 15) is 4.79 Å². The molecule has 0 saturated carbocycles. The zero-order chi connectivity index (χ0) is 12.7. The number of rotatable bonds is 6. The van der Waals surface area contributed by atoms with Gasteiger partial charge in [-0.1, -0.05) is 18.2 Å². The number of carboxylic acids is 1. The molecule has 1 rings (SSSR count). The van der Waals surface area contributed by atoms with Gasteiger partial charge in [-0.15, -0.1) is 0 Å². The Morgan fingerprint density at radius 3 is 2.82 bits per heavy atom. The van der Waals surface area contributed by atoms with Gasteiger partial charge in [-0.25, -0.2) is 4.79 Å². The van der Waals surface area contributed by atoms with Crippen molar-refractivity contribution in [2.24, 2.45) is 0 Å². The number of aromatic carboxylic acids is 1. The van der Waals surface area contributed by atoms with Gasteiger partial charge >= 0.3 is 5.97 Å². The topological polar surface area (TPSA) is 55.8 Å². The molecule has 0 unspecified atom stereocenters. The second-order valence-corrected chi connectivity index (χ2v) is 3.32. The largest absolute Gasteiger partial charge is 0.497 e. The molecule has 0 heterocycles. The number of hydrogen-bond donors (Lipinski definition) is 1. The Hall–Kier alpha value is -1.81. The molecular weight excluding hydrogens is 220 g/mol. The van der Waals surface area contributed by atoms with Crippen LogP contribution in [0.15, 0.2) is 24.3 Å². The van der Waals surface area contributed by atoms with Crippen LogP contribution in [-0.2, 0) is 4.74 Å². The quantitative estimate of drug-likeness (QED) is 0.771. The van der Waals surface area contributed by atoms with Gasteiger partial charge in [0.25, 0.3) is 0 Å². The summed E-state index contributed by atoms with van der Waals surface area (Å²) in [7, 11) is 1.51. The lowest BCUT2D eigenvalue weighted by Gasteiger charge is -2.04. The minimum Gasteiger partial charge on any atom is -0.497 e. The van der Waals surface area contributed by atoms with Gasteiger partial charge in [0, 0.05) is 6.61 Å². The molecule has 0 aliphatic rings. The average Bonchev–Trinajstić information content (AvgIpc) is 2.34. The third kappa shape index (κ3) is 3.92. The number of methoxy groups -OCH3 is 1. The van der Waals surface area contributed by atoms with E-state index >= 15 is 0 Å². The van der Waals surface area contributed by atoms with Gasteiger partial charge in [0.05, 0.1) is 19.3 Å². The lowest BCUT2D eigenvalue weighted by atomic mass is 10.1. The van der Waals surface area contributed by atoms with Crippen molar-refractivity contribution in [3.05, 3.63) is 35.4 Å². The van der Waals surface area contributed by atoms with E-state index in [2.05, 4.69) is 0 Å². The maximum atomic E-state index is 11.1. The van der Waals surface area contributed by atoms with Crippen molar-refractivity contribution >= 4 is 12.0 Å². The first-order chi connectivity index (χ1) is 8.19. The van der Waals surface area contributed by atoms with Crippen LogP contribution in [0.3, 0.4) is 0 Å². The third-order valence-corrected chi connectivity index (χ3v) is 2.21. The molecule has 1 aromatic carbocycles. The van der Waals surface area contributed by atoms with E-state index in [4.69, 9.17) is 14.6 Å². The van der Waals surface area contributed by atoms with Crippen molar-refractivity contribution in [3.8, 4) is 5.75 Å². The molecule has 0 amide bonds. The van der Waals surface area contributed by atoms with Crippen LogP contribution in [0.5, 0.6) is 5.75 Å². The molecule has 4 nitrogen and oxygen atoms in total. The van der Waals surface area contributed by atoms with Gasteiger partial charge in [0.2, 0.25) is 0 Å². The average molecular weight is 236 g/mol. The first kappa shape index (κ1) is 13.3. The van der Waals surface area contributed by atoms with Gasteiger partial charge in [-0.2, -0.15) is 0 Å². The number of benzene rings is 1. The summed E-state index contributed by atoms with van der Waals surface area (Å²) in [6.45, 7) is 3.02. The van der Waals surface area contributed by atoms with Crippen molar-refractivity contribution in [2.45, 2.75) is 6.92 Å². The Morgan fingerprint density at radius 1 is 1.47 bits per heavy atom. The van der Waals surface area contributed by atoms with Crippen LogP contribution in [0.25, 0.3) is 6.08 Å². The summed E-state index contributed by atoms with van der Waals surface area (Å²) >= 11 is 0. The Bertz CT molecular complexity index is 410. The summed E-state index contributed by atoms with van der Waals surface area (Å²) in [5, 5.41) is 9.07. The molecule has 92 valence electrons. The summed E-state index contributed by atoms with van der Waals surface area (Å²) < 4.78 is 10.1. The SMILES string of the molecule is CCOCC=Cc1ccc(OC)cc1C(=O)O. The zero-order valence-corrected chi connectivity index (χ0v) is 9.97. The maximum Gasteiger partial charge on any atom is 0.336 e. The summed E-state index contributed by atoms with van der Waals surface area (Å²) in [5.74, 6) is -0.440. The molecule has 17 heavy (non-hydrogen) atoms. The molecule has 0 spiro atoms. The van der Waals surface area contributed by atoms with Crippen LogP contribution in [0, 0.1) is 0 Å². The van der Waals surface area contributed by atoms with Crippen LogP contribution < -0.4 is 4.74 Å². The highest BCUT2D eigenvalue weighted by atomic mass is 16.5. The van der Waals surface area contributed by atoms with Crippen LogP contribution in [0.4, 0.5) is 0 Å². The number of carbonyl (C=O) groups is 1. The van der Waals surface area contributed by atoms with Crippen molar-refractivity contribution in [2.75, 3.05) is 20.3 Å². The molecule has 1 N–H and O–H groups in total. The first-order valence-corrected chi connectivity index (χ1v) is 5.34. The normalized spacial score (nSPS) is 10.7. The van der Waals surface area contributed by atoms with Crippen LogP contribution in [0.1, 0.15) is 22.8 Å². The minimum atomic E-state index is -0.972. The Labute approximate surface area is 100 Å². The Morgan fingerprint density at radius 2 is 2.24 bits per heavy atom. The smallest absolute Gasteiger partial charge is 0.336 e. The fourth-order valence-electron chi connectivity index (χ4n) is 1.35. The molecule has 0 atom stereocenters. The Balaban J connectivity index is 2.90. The number of carboxylic acid groups (broad SMARTS) is 1. The molecule has 0 radical (unpaired) electrons. The van der Waals surface area contributed by atoms with Gasteiger partial charge in [0.1, 0.15) is 5.75 Å². The van der Waals surface area contributed by atoms with E-state index in [0.717, 1.165) is 0 Å². The monoisotopic (exact) mass is 236 g/mol. The van der Waals surface area contributed by atoms with Gasteiger partial charge in [-0.3, -0.25) is 0 Å². The second kappa shape index (κ2) is 6.70. The standard InChI is InChI=1S/C13H16O4/c1-3-17-8-4-5-10-6-7-11(16-2)9-12(10)13(14)15/h4-7,9H,3,8H2,1-2H3,(H,14,15). The molecule has 1 aromatic rings. The van der Waals surface area contributed by atoms with Crippen LogP contribution >= 0.6 is 0 Å². The van der Waals surface area contributed by atoms with E-state index in [-0.39, 0.29) is 5.56 Å². The summed E-state index contributed by atoms with van der Waals surface area (Å²) in [4.78, 5) is 11.1. The summed E-state index contributed by atoms with van der Waals surface area (Å²) in [5.41, 5.74) is 0.857. The molecule has 0 bridgehead atoms. The highest BCUT2D eigenvalue weighted by molar-refractivity contribution is 5.92. The van der Waals surface area contributed by atoms with E-state index in [1.165, 1.54) is 13.2 Å². The minimum absolute atomic E-state index is 0.220. The van der Waals surface area contributed by atoms with Crippen molar-refractivity contribution in [1.82, 2.24) is 0 Å². The maximum absolute atomic E-state index is 11.1. The molecule has 0 aromatic heterocycles. The summed E-state index contributed by atoms with van der Waals surface area (Å²) in [6.07, 6.45) is 3.52. The van der Waals surface area contributed by atoms with Crippen molar-refractivity contribution in [1.29, 1.82) is 0 Å². The molecule has 0 saturated heterocycles. The highest BCUT2D eigenvalue weighted by Gasteiger charge is 2.09. The van der Waals surface area contributed by atoms with E-state index < -0.39 is 5.97 Å². The predicted molar refractivity (Wildman–Crippen MR) is 65.5 cm³/mol.